The van der Waals surface area contributed by atoms with Crippen molar-refractivity contribution < 1.29 is 31.5 Å². The van der Waals surface area contributed by atoms with Crippen molar-refractivity contribution >= 4 is 15.8 Å². The Morgan fingerprint density at radius 3 is 2.19 bits per heavy atom. The fraction of sp³-hybridized carbons (Fsp3) is 0.409. The molecule has 0 radical (unpaired) electrons. The van der Waals surface area contributed by atoms with Gasteiger partial charge in [-0.2, -0.15) is 13.2 Å². The number of piperidine rings is 1. The molecule has 3 rings (SSSR count). The highest BCUT2D eigenvalue weighted by atomic mass is 32.2. The number of sulfone groups is 1. The summed E-state index contributed by atoms with van der Waals surface area (Å²) in [4.78, 5) is 13.6. The van der Waals surface area contributed by atoms with E-state index in [0.717, 1.165) is 29.5 Å². The van der Waals surface area contributed by atoms with E-state index in [1.807, 2.05) is 0 Å². The first-order valence-electron chi connectivity index (χ1n) is 9.82. The molecule has 1 N–H and O–H groups in total. The second kappa shape index (κ2) is 9.00. The summed E-state index contributed by atoms with van der Waals surface area (Å²) in [6.45, 7) is 1.63. The Morgan fingerprint density at radius 2 is 1.68 bits per heavy atom. The van der Waals surface area contributed by atoms with E-state index in [4.69, 9.17) is 0 Å². The number of hydrogen-bond acceptors (Lipinski definition) is 4. The van der Waals surface area contributed by atoms with Crippen LogP contribution in [0.25, 0.3) is 0 Å². The zero-order chi connectivity index (χ0) is 22.8. The number of hydrogen-bond donors (Lipinski definition) is 1. The Balaban J connectivity index is 1.78. The predicted molar refractivity (Wildman–Crippen MR) is 109 cm³/mol. The minimum Gasteiger partial charge on any atom is -0.481 e. The Morgan fingerprint density at radius 1 is 1.06 bits per heavy atom. The van der Waals surface area contributed by atoms with E-state index in [-0.39, 0.29) is 23.2 Å². The first kappa shape index (κ1) is 23.3. The average Bonchev–Trinajstić information content (AvgIpc) is 2.66. The quantitative estimate of drug-likeness (QED) is 0.707. The average molecular weight is 455 g/mol. The van der Waals surface area contributed by atoms with Gasteiger partial charge in [0.15, 0.2) is 9.84 Å². The number of alkyl halides is 3. The molecule has 0 bridgehead atoms. The molecule has 1 saturated heterocycles. The summed E-state index contributed by atoms with van der Waals surface area (Å²) in [5.41, 5.74) is 0.923. The van der Waals surface area contributed by atoms with E-state index < -0.39 is 27.5 Å². The van der Waals surface area contributed by atoms with Crippen LogP contribution >= 0.6 is 0 Å². The Labute approximate surface area is 179 Å². The van der Waals surface area contributed by atoms with Gasteiger partial charge in [-0.3, -0.25) is 9.69 Å². The number of benzene rings is 2. The highest BCUT2D eigenvalue weighted by Gasteiger charge is 2.32. The molecule has 1 heterocycles. The number of carboxylic acid groups (broad SMARTS) is 1. The second-order valence-corrected chi connectivity index (χ2v) is 10.1. The smallest absolute Gasteiger partial charge is 0.416 e. The van der Waals surface area contributed by atoms with E-state index in [2.05, 4.69) is 4.90 Å². The van der Waals surface area contributed by atoms with Crippen molar-refractivity contribution in [3.8, 4) is 0 Å². The number of carboxylic acids is 1. The van der Waals surface area contributed by atoms with E-state index in [1.165, 1.54) is 24.3 Å². The van der Waals surface area contributed by atoms with Crippen LogP contribution in [0.2, 0.25) is 0 Å². The zero-order valence-electron chi connectivity index (χ0n) is 17.0. The molecule has 2 aromatic carbocycles. The number of likely N-dealkylation sites (tertiary alicyclic amines) is 1. The molecule has 2 aromatic rings. The fourth-order valence-corrected chi connectivity index (χ4v) is 4.74. The van der Waals surface area contributed by atoms with Gasteiger partial charge in [-0.05, 0) is 53.6 Å². The number of halogens is 3. The van der Waals surface area contributed by atoms with Crippen molar-refractivity contribution in [1.82, 2.24) is 4.90 Å². The Bertz CT molecular complexity index is 1020. The molecule has 5 nitrogen and oxygen atoms in total. The summed E-state index contributed by atoms with van der Waals surface area (Å²) in [6.07, 6.45) is -2.69. The topological polar surface area (TPSA) is 74.7 Å². The molecule has 1 aliphatic rings. The van der Waals surface area contributed by atoms with E-state index in [9.17, 15) is 31.5 Å². The molecular formula is C22H24F3NO4S. The van der Waals surface area contributed by atoms with Crippen LogP contribution in [0.3, 0.4) is 0 Å². The van der Waals surface area contributed by atoms with Crippen molar-refractivity contribution in [1.29, 1.82) is 0 Å². The first-order valence-corrected chi connectivity index (χ1v) is 11.7. The van der Waals surface area contributed by atoms with Crippen molar-refractivity contribution in [3.63, 3.8) is 0 Å². The van der Waals surface area contributed by atoms with Crippen molar-refractivity contribution in [3.05, 3.63) is 65.2 Å². The van der Waals surface area contributed by atoms with Crippen LogP contribution < -0.4 is 0 Å². The van der Waals surface area contributed by atoms with Gasteiger partial charge < -0.3 is 5.11 Å². The maximum Gasteiger partial charge on any atom is 0.416 e. The van der Waals surface area contributed by atoms with Gasteiger partial charge in [0.25, 0.3) is 0 Å². The minimum absolute atomic E-state index is 0.0132. The summed E-state index contributed by atoms with van der Waals surface area (Å²) in [7, 11) is -3.29. The monoisotopic (exact) mass is 455 g/mol. The Hall–Kier alpha value is -2.39. The van der Waals surface area contributed by atoms with Gasteiger partial charge >= 0.3 is 12.1 Å². The number of aliphatic carboxylic acids is 1. The van der Waals surface area contributed by atoms with Crippen LogP contribution in [0.15, 0.2) is 53.4 Å². The maximum absolute atomic E-state index is 12.9. The molecule has 31 heavy (non-hydrogen) atoms. The molecule has 0 amide bonds. The van der Waals surface area contributed by atoms with Crippen molar-refractivity contribution in [2.24, 2.45) is 5.92 Å². The minimum atomic E-state index is -4.40. The van der Waals surface area contributed by atoms with Gasteiger partial charge in [-0.1, -0.05) is 24.3 Å². The van der Waals surface area contributed by atoms with Gasteiger partial charge in [-0.15, -0.1) is 0 Å². The molecule has 0 spiro atoms. The van der Waals surface area contributed by atoms with E-state index in [0.29, 0.717) is 26.1 Å². The molecule has 0 saturated carbocycles. The number of rotatable bonds is 6. The molecule has 0 unspecified atom stereocenters. The lowest BCUT2D eigenvalue weighted by Crippen LogP contribution is -2.39. The van der Waals surface area contributed by atoms with Crippen LogP contribution in [0.5, 0.6) is 0 Å². The molecule has 0 aromatic heterocycles. The third-order valence-electron chi connectivity index (χ3n) is 5.54. The van der Waals surface area contributed by atoms with Crippen LogP contribution in [0, 0.1) is 5.92 Å². The van der Waals surface area contributed by atoms with E-state index in [1.54, 1.807) is 12.1 Å². The third kappa shape index (κ3) is 6.30. The highest BCUT2D eigenvalue weighted by molar-refractivity contribution is 7.90. The summed E-state index contributed by atoms with van der Waals surface area (Å²) in [5.74, 6) is -1.12. The van der Waals surface area contributed by atoms with Crippen molar-refractivity contribution in [2.75, 3.05) is 19.3 Å². The summed E-state index contributed by atoms with van der Waals surface area (Å²) >= 11 is 0. The molecule has 1 aliphatic heterocycles. The van der Waals surface area contributed by atoms with Crippen LogP contribution in [0.1, 0.15) is 35.4 Å². The predicted octanol–water partition coefficient (Wildman–Crippen LogP) is 4.19. The molecule has 0 aliphatic carbocycles. The number of carbonyl (C=O) groups is 1. The lowest BCUT2D eigenvalue weighted by Gasteiger charge is -2.38. The number of nitrogens with zero attached hydrogens (tertiary/aromatic N) is 1. The third-order valence-corrected chi connectivity index (χ3v) is 6.67. The molecule has 2 atom stereocenters. The van der Waals surface area contributed by atoms with Crippen LogP contribution in [0.4, 0.5) is 13.2 Å². The lowest BCUT2D eigenvalue weighted by molar-refractivity contribution is -0.139. The molecule has 1 fully saturated rings. The summed E-state index contributed by atoms with van der Waals surface area (Å²) < 4.78 is 61.8. The van der Waals surface area contributed by atoms with Crippen LogP contribution in [-0.2, 0) is 27.4 Å². The van der Waals surface area contributed by atoms with Crippen LogP contribution in [-0.4, -0.2) is 43.7 Å². The SMILES string of the molecule is CS(=O)(=O)c1ccc(CN2C[C@H](CC(=O)O)C[C@@H](c3ccc(C(F)(F)F)cc3)C2)cc1. The van der Waals surface area contributed by atoms with Gasteiger partial charge in [0.2, 0.25) is 0 Å². The molecule has 9 heteroatoms. The zero-order valence-corrected chi connectivity index (χ0v) is 17.8. The van der Waals surface area contributed by atoms with E-state index >= 15 is 0 Å². The second-order valence-electron chi connectivity index (χ2n) is 8.13. The molecular weight excluding hydrogens is 431 g/mol. The summed E-state index contributed by atoms with van der Waals surface area (Å²) in [6, 6.07) is 11.6. The maximum atomic E-state index is 12.9. The van der Waals surface area contributed by atoms with Gasteiger partial charge in [0, 0.05) is 32.3 Å². The highest BCUT2D eigenvalue weighted by Crippen LogP contribution is 2.35. The summed E-state index contributed by atoms with van der Waals surface area (Å²) in [5, 5.41) is 9.23. The van der Waals surface area contributed by atoms with Gasteiger partial charge in [0.05, 0.1) is 10.5 Å². The lowest BCUT2D eigenvalue weighted by atomic mass is 9.82. The van der Waals surface area contributed by atoms with Gasteiger partial charge in [0.1, 0.15) is 0 Å². The van der Waals surface area contributed by atoms with Gasteiger partial charge in [-0.25, -0.2) is 8.42 Å². The molecule has 168 valence electrons. The largest absolute Gasteiger partial charge is 0.481 e. The normalized spacial score (nSPS) is 20.5. The standard InChI is InChI=1S/C22H24F3NO4S/c1-31(29,30)20-8-2-15(3-9-20)12-26-13-16(11-21(27)28)10-18(14-26)17-4-6-19(7-5-17)22(23,24)25/h2-9,16,18H,10-14H2,1H3,(H,27,28)/t16-,18+/m0/s1. The van der Waals surface area contributed by atoms with Crippen molar-refractivity contribution in [2.45, 2.75) is 36.4 Å². The Kier molecular flexibility index (Phi) is 6.76. The fourth-order valence-electron chi connectivity index (χ4n) is 4.11. The first-order chi connectivity index (χ1) is 14.4.